The molecular weight excluding hydrogens is 250 g/mol. The van der Waals surface area contributed by atoms with E-state index in [-0.39, 0.29) is 17.6 Å². The Bertz CT molecular complexity index is 385. The molecule has 2 fully saturated rings. The van der Waals surface area contributed by atoms with Crippen molar-refractivity contribution in [2.24, 2.45) is 5.92 Å². The lowest BCUT2D eigenvalue weighted by Crippen LogP contribution is -2.38. The summed E-state index contributed by atoms with van der Waals surface area (Å²) in [5.41, 5.74) is 0. The van der Waals surface area contributed by atoms with E-state index in [1.807, 2.05) is 0 Å². The van der Waals surface area contributed by atoms with E-state index in [9.17, 15) is 13.2 Å². The number of sulfone groups is 1. The number of nitrogens with one attached hydrogen (secondary N) is 1. The summed E-state index contributed by atoms with van der Waals surface area (Å²) in [6.45, 7) is 0. The van der Waals surface area contributed by atoms with Gasteiger partial charge in [-0.1, -0.05) is 19.3 Å². The van der Waals surface area contributed by atoms with Crippen LogP contribution in [0.4, 0.5) is 0 Å². The summed E-state index contributed by atoms with van der Waals surface area (Å²) in [6, 6.07) is 0.325. The number of rotatable bonds is 3. The van der Waals surface area contributed by atoms with Gasteiger partial charge < -0.3 is 5.32 Å². The third kappa shape index (κ3) is 4.26. The van der Waals surface area contributed by atoms with Gasteiger partial charge in [0, 0.05) is 12.5 Å². The average molecular weight is 273 g/mol. The molecule has 104 valence electrons. The van der Waals surface area contributed by atoms with Crippen LogP contribution < -0.4 is 5.32 Å². The molecule has 1 heterocycles. The van der Waals surface area contributed by atoms with Gasteiger partial charge in [-0.2, -0.15) is 0 Å². The summed E-state index contributed by atoms with van der Waals surface area (Å²) >= 11 is 0. The number of carbonyl (C=O) groups excluding carboxylic acids is 1. The Morgan fingerprint density at radius 3 is 2.44 bits per heavy atom. The van der Waals surface area contributed by atoms with Crippen molar-refractivity contribution in [1.82, 2.24) is 5.32 Å². The summed E-state index contributed by atoms with van der Waals surface area (Å²) in [5, 5.41) is 3.06. The highest BCUT2D eigenvalue weighted by molar-refractivity contribution is 7.91. The number of amides is 1. The summed E-state index contributed by atoms with van der Waals surface area (Å²) in [7, 11) is -2.89. The van der Waals surface area contributed by atoms with Gasteiger partial charge in [-0.15, -0.1) is 0 Å². The van der Waals surface area contributed by atoms with E-state index in [0.29, 0.717) is 24.6 Å². The van der Waals surface area contributed by atoms with Crippen molar-refractivity contribution >= 4 is 15.7 Å². The second kappa shape index (κ2) is 6.04. The fourth-order valence-corrected chi connectivity index (χ4v) is 4.85. The Kier molecular flexibility index (Phi) is 4.65. The maximum absolute atomic E-state index is 11.9. The molecule has 0 bridgehead atoms. The molecule has 0 aromatic rings. The first-order valence-corrected chi connectivity index (χ1v) is 8.87. The van der Waals surface area contributed by atoms with E-state index in [2.05, 4.69) is 5.32 Å². The zero-order chi connectivity index (χ0) is 13.0. The van der Waals surface area contributed by atoms with E-state index in [0.717, 1.165) is 19.3 Å². The molecule has 0 radical (unpaired) electrons. The maximum atomic E-state index is 11.9. The molecule has 18 heavy (non-hydrogen) atoms. The van der Waals surface area contributed by atoms with Crippen LogP contribution in [0.2, 0.25) is 0 Å². The number of hydrogen-bond donors (Lipinski definition) is 1. The molecule has 1 aliphatic carbocycles. The minimum absolute atomic E-state index is 0.0346. The lowest BCUT2D eigenvalue weighted by molar-refractivity contribution is -0.122. The van der Waals surface area contributed by atoms with E-state index < -0.39 is 9.84 Å². The third-order valence-corrected chi connectivity index (χ3v) is 5.89. The molecule has 2 aliphatic rings. The van der Waals surface area contributed by atoms with Gasteiger partial charge in [0.05, 0.1) is 11.5 Å². The van der Waals surface area contributed by atoms with Gasteiger partial charge >= 0.3 is 0 Å². The Balaban J connectivity index is 1.76. The van der Waals surface area contributed by atoms with Gasteiger partial charge in [0.2, 0.25) is 5.91 Å². The molecule has 4 nitrogen and oxygen atoms in total. The highest BCUT2D eigenvalue weighted by Gasteiger charge is 2.27. The topological polar surface area (TPSA) is 63.2 Å². The zero-order valence-electron chi connectivity index (χ0n) is 10.9. The van der Waals surface area contributed by atoms with Crippen molar-refractivity contribution in [2.75, 3.05) is 11.5 Å². The molecule has 5 heteroatoms. The van der Waals surface area contributed by atoms with Crippen LogP contribution in [0.5, 0.6) is 0 Å². The number of hydrogen-bond acceptors (Lipinski definition) is 3. The van der Waals surface area contributed by atoms with E-state index in [1.165, 1.54) is 19.3 Å². The fourth-order valence-electron chi connectivity index (χ4n) is 3.07. The highest BCUT2D eigenvalue weighted by atomic mass is 32.2. The maximum Gasteiger partial charge on any atom is 0.220 e. The Hall–Kier alpha value is -0.580. The van der Waals surface area contributed by atoms with Crippen LogP contribution in [0.1, 0.15) is 51.4 Å². The monoisotopic (exact) mass is 273 g/mol. The summed E-state index contributed by atoms with van der Waals surface area (Å²) in [4.78, 5) is 11.9. The predicted octanol–water partition coefficient (Wildman–Crippen LogP) is 1.65. The van der Waals surface area contributed by atoms with Crippen LogP contribution in [-0.4, -0.2) is 31.9 Å². The minimum atomic E-state index is -2.89. The molecule has 0 spiro atoms. The summed E-state index contributed by atoms with van der Waals surface area (Å²) in [6.07, 6.45) is 7.79. The van der Waals surface area contributed by atoms with E-state index in [4.69, 9.17) is 0 Å². The highest BCUT2D eigenvalue weighted by Crippen LogP contribution is 2.22. The first-order valence-electron chi connectivity index (χ1n) is 7.05. The van der Waals surface area contributed by atoms with Crippen LogP contribution in [0, 0.1) is 5.92 Å². The lowest BCUT2D eigenvalue weighted by atomic mass is 9.94. The van der Waals surface area contributed by atoms with E-state index in [1.54, 1.807) is 0 Å². The van der Waals surface area contributed by atoms with Crippen molar-refractivity contribution in [2.45, 2.75) is 57.4 Å². The SMILES string of the molecule is O=C(CC1CCCS(=O)(=O)C1)NC1CCCCC1. The molecular formula is C13H23NO3S. The molecule has 2 rings (SSSR count). The van der Waals surface area contributed by atoms with Crippen molar-refractivity contribution in [3.63, 3.8) is 0 Å². The second-order valence-electron chi connectivity index (χ2n) is 5.73. The molecule has 1 unspecified atom stereocenters. The first kappa shape index (κ1) is 13.8. The molecule has 1 amide bonds. The van der Waals surface area contributed by atoms with Crippen molar-refractivity contribution < 1.29 is 13.2 Å². The van der Waals surface area contributed by atoms with Crippen molar-refractivity contribution in [3.8, 4) is 0 Å². The summed E-state index contributed by atoms with van der Waals surface area (Å²) < 4.78 is 23.0. The van der Waals surface area contributed by atoms with Crippen molar-refractivity contribution in [3.05, 3.63) is 0 Å². The van der Waals surface area contributed by atoms with Crippen LogP contribution in [0.15, 0.2) is 0 Å². The van der Waals surface area contributed by atoms with Gasteiger partial charge in [-0.05, 0) is 31.6 Å². The first-order chi connectivity index (χ1) is 8.55. The molecule has 1 N–H and O–H groups in total. The molecule has 1 saturated heterocycles. The van der Waals surface area contributed by atoms with Crippen LogP contribution in [0.25, 0.3) is 0 Å². The quantitative estimate of drug-likeness (QED) is 0.850. The smallest absolute Gasteiger partial charge is 0.220 e. The normalized spacial score (nSPS) is 28.8. The van der Waals surface area contributed by atoms with Crippen molar-refractivity contribution in [1.29, 1.82) is 0 Å². The zero-order valence-corrected chi connectivity index (χ0v) is 11.7. The Labute approximate surface area is 109 Å². The Morgan fingerprint density at radius 2 is 1.78 bits per heavy atom. The standard InChI is InChI=1S/C13H23NO3S/c15-13(14-12-6-2-1-3-7-12)9-11-5-4-8-18(16,17)10-11/h11-12H,1-10H2,(H,14,15). The van der Waals surface area contributed by atoms with Crippen LogP contribution >= 0.6 is 0 Å². The third-order valence-electron chi connectivity index (χ3n) is 4.00. The molecule has 0 aromatic heterocycles. The van der Waals surface area contributed by atoms with E-state index >= 15 is 0 Å². The fraction of sp³-hybridized carbons (Fsp3) is 0.923. The molecule has 1 atom stereocenters. The number of carbonyl (C=O) groups is 1. The average Bonchev–Trinajstić information content (AvgIpc) is 2.28. The van der Waals surface area contributed by atoms with Crippen LogP contribution in [0.3, 0.4) is 0 Å². The van der Waals surface area contributed by atoms with Crippen LogP contribution in [-0.2, 0) is 14.6 Å². The lowest BCUT2D eigenvalue weighted by Gasteiger charge is -2.25. The largest absolute Gasteiger partial charge is 0.353 e. The van der Waals surface area contributed by atoms with Gasteiger partial charge in [0.25, 0.3) is 0 Å². The molecule has 1 saturated carbocycles. The van der Waals surface area contributed by atoms with Gasteiger partial charge in [0.15, 0.2) is 9.84 Å². The minimum Gasteiger partial charge on any atom is -0.353 e. The van der Waals surface area contributed by atoms with Gasteiger partial charge in [-0.25, -0.2) is 8.42 Å². The second-order valence-corrected chi connectivity index (χ2v) is 7.96. The summed E-state index contributed by atoms with van der Waals surface area (Å²) in [5.74, 6) is 0.579. The predicted molar refractivity (Wildman–Crippen MR) is 71.0 cm³/mol. The molecule has 1 aliphatic heterocycles. The Morgan fingerprint density at radius 1 is 1.06 bits per heavy atom. The molecule has 0 aromatic carbocycles. The van der Waals surface area contributed by atoms with Gasteiger partial charge in [-0.3, -0.25) is 4.79 Å². The van der Waals surface area contributed by atoms with Gasteiger partial charge in [0.1, 0.15) is 0 Å².